The van der Waals surface area contributed by atoms with Gasteiger partial charge in [0.05, 0.1) is 5.75 Å². The molecule has 0 amide bonds. The summed E-state index contributed by atoms with van der Waals surface area (Å²) < 4.78 is 25.5. The second-order valence-corrected chi connectivity index (χ2v) is 6.53. The summed E-state index contributed by atoms with van der Waals surface area (Å²) in [5.41, 5.74) is 0.664. The van der Waals surface area contributed by atoms with Crippen molar-refractivity contribution in [3.8, 4) is 0 Å². The van der Waals surface area contributed by atoms with Crippen molar-refractivity contribution in [2.45, 2.75) is 24.6 Å². The molecule has 1 fully saturated rings. The van der Waals surface area contributed by atoms with Gasteiger partial charge in [0.2, 0.25) is 10.0 Å². The largest absolute Gasteiger partial charge is 0.218 e. The van der Waals surface area contributed by atoms with Crippen LogP contribution in [0.1, 0.15) is 18.4 Å². The minimum atomic E-state index is -3.22. The van der Waals surface area contributed by atoms with Crippen LogP contribution >= 0.6 is 11.6 Å². The van der Waals surface area contributed by atoms with Gasteiger partial charge in [0, 0.05) is 18.1 Å². The number of halogens is 1. The summed E-state index contributed by atoms with van der Waals surface area (Å²) in [5.74, 6) is -0.0142. The van der Waals surface area contributed by atoms with Gasteiger partial charge in [-0.3, -0.25) is 0 Å². The number of benzene rings is 1. The van der Waals surface area contributed by atoms with Gasteiger partial charge < -0.3 is 0 Å². The minimum absolute atomic E-state index is 0.0142. The number of hydrogen-bond donors (Lipinski definition) is 0. The van der Waals surface area contributed by atoms with E-state index in [0.29, 0.717) is 10.6 Å². The van der Waals surface area contributed by atoms with Gasteiger partial charge in [-0.25, -0.2) is 12.7 Å². The second-order valence-electron chi connectivity index (χ2n) is 4.10. The van der Waals surface area contributed by atoms with Crippen LogP contribution in [0.3, 0.4) is 0 Å². The van der Waals surface area contributed by atoms with Crippen LogP contribution in [-0.4, -0.2) is 25.8 Å². The predicted octanol–water partition coefficient (Wildman–Crippen LogP) is 2.26. The Morgan fingerprint density at radius 2 is 2.00 bits per heavy atom. The standard InChI is InChI=1S/C11H14ClNO2S/c1-13(10-6-7-10)16(14,15)8-9-4-2-3-5-11(9)12/h2-5,10H,6-8H2,1H3. The van der Waals surface area contributed by atoms with Crippen LogP contribution in [0, 0.1) is 0 Å². The summed E-state index contributed by atoms with van der Waals surface area (Å²) in [6.45, 7) is 0. The fourth-order valence-electron chi connectivity index (χ4n) is 1.58. The molecule has 3 nitrogen and oxygen atoms in total. The molecule has 0 saturated heterocycles. The zero-order chi connectivity index (χ0) is 11.8. The van der Waals surface area contributed by atoms with E-state index in [-0.39, 0.29) is 11.8 Å². The summed E-state index contributed by atoms with van der Waals surface area (Å²) in [4.78, 5) is 0. The van der Waals surface area contributed by atoms with Crippen molar-refractivity contribution in [1.29, 1.82) is 0 Å². The number of sulfonamides is 1. The molecular weight excluding hydrogens is 246 g/mol. The first-order valence-corrected chi connectivity index (χ1v) is 7.18. The van der Waals surface area contributed by atoms with E-state index in [1.165, 1.54) is 4.31 Å². The summed E-state index contributed by atoms with van der Waals surface area (Å²) in [7, 11) is -1.58. The van der Waals surface area contributed by atoms with Gasteiger partial charge in [-0.05, 0) is 24.5 Å². The van der Waals surface area contributed by atoms with Gasteiger partial charge in [-0.2, -0.15) is 0 Å². The molecule has 0 N–H and O–H groups in total. The summed E-state index contributed by atoms with van der Waals surface area (Å²) in [6.07, 6.45) is 1.94. The van der Waals surface area contributed by atoms with Crippen molar-refractivity contribution in [3.63, 3.8) is 0 Å². The molecule has 1 saturated carbocycles. The first-order chi connectivity index (χ1) is 7.50. The van der Waals surface area contributed by atoms with Crippen LogP contribution in [-0.2, 0) is 15.8 Å². The van der Waals surface area contributed by atoms with Crippen LogP contribution in [0.15, 0.2) is 24.3 Å². The first kappa shape index (κ1) is 11.9. The van der Waals surface area contributed by atoms with Crippen LogP contribution in [0.4, 0.5) is 0 Å². The van der Waals surface area contributed by atoms with Crippen LogP contribution in [0.2, 0.25) is 5.02 Å². The quantitative estimate of drug-likeness (QED) is 0.832. The molecule has 1 aliphatic rings. The van der Waals surface area contributed by atoms with E-state index in [1.54, 1.807) is 31.3 Å². The van der Waals surface area contributed by atoms with Gasteiger partial charge >= 0.3 is 0 Å². The van der Waals surface area contributed by atoms with Crippen molar-refractivity contribution >= 4 is 21.6 Å². The molecular formula is C11H14ClNO2S. The average molecular weight is 260 g/mol. The third-order valence-corrected chi connectivity index (χ3v) is 5.02. The zero-order valence-electron chi connectivity index (χ0n) is 9.06. The van der Waals surface area contributed by atoms with Gasteiger partial charge in [0.1, 0.15) is 0 Å². The Balaban J connectivity index is 2.17. The lowest BCUT2D eigenvalue weighted by atomic mass is 10.2. The topological polar surface area (TPSA) is 37.4 Å². The maximum absolute atomic E-state index is 12.0. The van der Waals surface area contributed by atoms with Crippen LogP contribution < -0.4 is 0 Å². The molecule has 5 heteroatoms. The van der Waals surface area contributed by atoms with Crippen LogP contribution in [0.25, 0.3) is 0 Å². The molecule has 0 heterocycles. The summed E-state index contributed by atoms with van der Waals surface area (Å²) in [5, 5.41) is 0.510. The Morgan fingerprint density at radius 3 is 2.56 bits per heavy atom. The molecule has 0 atom stereocenters. The fourth-order valence-corrected chi connectivity index (χ4v) is 3.37. The van der Waals surface area contributed by atoms with E-state index >= 15 is 0 Å². The van der Waals surface area contributed by atoms with Crippen molar-refractivity contribution in [1.82, 2.24) is 4.31 Å². The monoisotopic (exact) mass is 259 g/mol. The normalized spacial score (nSPS) is 16.7. The minimum Gasteiger partial charge on any atom is -0.212 e. The number of hydrogen-bond acceptors (Lipinski definition) is 2. The highest BCUT2D eigenvalue weighted by Crippen LogP contribution is 2.29. The molecule has 0 aromatic heterocycles. The second kappa shape index (κ2) is 4.35. The molecule has 1 aromatic rings. The summed E-state index contributed by atoms with van der Waals surface area (Å²) in [6, 6.07) is 7.26. The van der Waals surface area contributed by atoms with Gasteiger partial charge in [0.25, 0.3) is 0 Å². The van der Waals surface area contributed by atoms with Gasteiger partial charge in [0.15, 0.2) is 0 Å². The van der Waals surface area contributed by atoms with Crippen molar-refractivity contribution in [2.24, 2.45) is 0 Å². The highest BCUT2D eigenvalue weighted by Gasteiger charge is 2.34. The molecule has 0 bridgehead atoms. The third kappa shape index (κ3) is 2.56. The molecule has 16 heavy (non-hydrogen) atoms. The number of nitrogens with zero attached hydrogens (tertiary/aromatic N) is 1. The lowest BCUT2D eigenvalue weighted by Crippen LogP contribution is -2.30. The lowest BCUT2D eigenvalue weighted by Gasteiger charge is -2.16. The first-order valence-electron chi connectivity index (χ1n) is 5.20. The molecule has 2 rings (SSSR count). The van der Waals surface area contributed by atoms with Crippen molar-refractivity contribution < 1.29 is 8.42 Å². The Morgan fingerprint density at radius 1 is 1.38 bits per heavy atom. The smallest absolute Gasteiger partial charge is 0.212 e. The van der Waals surface area contributed by atoms with Crippen molar-refractivity contribution in [3.05, 3.63) is 34.9 Å². The summed E-state index contributed by atoms with van der Waals surface area (Å²) >= 11 is 5.95. The van der Waals surface area contributed by atoms with Gasteiger partial charge in [-0.1, -0.05) is 29.8 Å². The molecule has 0 unspecified atom stereocenters. The maximum Gasteiger partial charge on any atom is 0.218 e. The lowest BCUT2D eigenvalue weighted by molar-refractivity contribution is 0.463. The van der Waals surface area contributed by atoms with Crippen molar-refractivity contribution in [2.75, 3.05) is 7.05 Å². The molecule has 1 aliphatic carbocycles. The maximum atomic E-state index is 12.0. The Labute approximate surface area is 101 Å². The number of rotatable bonds is 4. The Kier molecular flexibility index (Phi) is 3.24. The zero-order valence-corrected chi connectivity index (χ0v) is 10.6. The van der Waals surface area contributed by atoms with E-state index in [9.17, 15) is 8.42 Å². The highest BCUT2D eigenvalue weighted by molar-refractivity contribution is 7.88. The van der Waals surface area contributed by atoms with Gasteiger partial charge in [-0.15, -0.1) is 0 Å². The van der Waals surface area contributed by atoms with Crippen LogP contribution in [0.5, 0.6) is 0 Å². The average Bonchev–Trinajstić information content (AvgIpc) is 3.03. The third-order valence-electron chi connectivity index (χ3n) is 2.80. The van der Waals surface area contributed by atoms with E-state index in [1.807, 2.05) is 0 Å². The van der Waals surface area contributed by atoms with E-state index in [2.05, 4.69) is 0 Å². The predicted molar refractivity (Wildman–Crippen MR) is 64.9 cm³/mol. The molecule has 0 spiro atoms. The Hall–Kier alpha value is -0.580. The van der Waals surface area contributed by atoms with E-state index < -0.39 is 10.0 Å². The highest BCUT2D eigenvalue weighted by atomic mass is 35.5. The molecule has 0 radical (unpaired) electrons. The molecule has 0 aliphatic heterocycles. The Bertz CT molecular complexity index is 483. The van der Waals surface area contributed by atoms with E-state index in [0.717, 1.165) is 12.8 Å². The molecule has 1 aromatic carbocycles. The fraction of sp³-hybridized carbons (Fsp3) is 0.455. The molecule has 88 valence electrons. The van der Waals surface area contributed by atoms with E-state index in [4.69, 9.17) is 11.6 Å². The SMILES string of the molecule is CN(C1CC1)S(=O)(=O)Cc1ccccc1Cl.